The molecule has 0 atom stereocenters. The minimum absolute atomic E-state index is 0.293. The zero-order chi connectivity index (χ0) is 9.30. The van der Waals surface area contributed by atoms with Crippen LogP contribution in [0.2, 0.25) is 0 Å². The third-order valence-electron chi connectivity index (χ3n) is 2.01. The van der Waals surface area contributed by atoms with Crippen LogP contribution >= 0.6 is 0 Å². The zero-order valence-electron chi connectivity index (χ0n) is 6.96. The maximum Gasteiger partial charge on any atom is 0.312 e. The quantitative estimate of drug-likeness (QED) is 0.438. The van der Waals surface area contributed by atoms with Gasteiger partial charge in [0.2, 0.25) is 0 Å². The lowest BCUT2D eigenvalue weighted by Gasteiger charge is -2.08. The van der Waals surface area contributed by atoms with E-state index in [1.807, 2.05) is 0 Å². The highest BCUT2D eigenvalue weighted by atomic mass is 16.6. The standard InChI is InChI=1S/C8H9NO3/c1-5-3-4-7(9(11)12)8(10)6(5)2/h4H,3H2,1-2H3. The molecule has 4 heteroatoms. The molecule has 0 bridgehead atoms. The molecule has 0 amide bonds. The van der Waals surface area contributed by atoms with Crippen LogP contribution in [0.15, 0.2) is 22.9 Å². The maximum absolute atomic E-state index is 11.2. The molecule has 0 fully saturated rings. The molecule has 0 aromatic rings. The van der Waals surface area contributed by atoms with Crippen LogP contribution in [0.25, 0.3) is 0 Å². The second-order valence-electron chi connectivity index (χ2n) is 2.79. The number of allylic oxidation sites excluding steroid dienone is 3. The average molecular weight is 167 g/mol. The van der Waals surface area contributed by atoms with Gasteiger partial charge in [-0.25, -0.2) is 0 Å². The number of hydrogen-bond acceptors (Lipinski definition) is 3. The number of rotatable bonds is 1. The van der Waals surface area contributed by atoms with Crippen molar-refractivity contribution in [1.29, 1.82) is 0 Å². The lowest BCUT2D eigenvalue weighted by atomic mass is 9.96. The fourth-order valence-electron chi connectivity index (χ4n) is 1.04. The van der Waals surface area contributed by atoms with E-state index < -0.39 is 10.7 Å². The van der Waals surface area contributed by atoms with Gasteiger partial charge < -0.3 is 0 Å². The van der Waals surface area contributed by atoms with Crippen LogP contribution in [0.5, 0.6) is 0 Å². The van der Waals surface area contributed by atoms with E-state index in [1.54, 1.807) is 13.8 Å². The summed E-state index contributed by atoms with van der Waals surface area (Å²) in [7, 11) is 0. The molecule has 1 aliphatic carbocycles. The van der Waals surface area contributed by atoms with Crippen molar-refractivity contribution in [2.45, 2.75) is 20.3 Å². The van der Waals surface area contributed by atoms with Gasteiger partial charge in [0.25, 0.3) is 5.78 Å². The molecule has 0 aliphatic heterocycles. The number of nitrogens with zero attached hydrogens (tertiary/aromatic N) is 1. The van der Waals surface area contributed by atoms with Gasteiger partial charge in [0.15, 0.2) is 0 Å². The summed E-state index contributed by atoms with van der Waals surface area (Å²) in [6, 6.07) is 0. The van der Waals surface area contributed by atoms with Crippen molar-refractivity contribution in [3.8, 4) is 0 Å². The number of nitro groups is 1. The van der Waals surface area contributed by atoms with E-state index in [0.717, 1.165) is 5.57 Å². The summed E-state index contributed by atoms with van der Waals surface area (Å²) < 4.78 is 0. The van der Waals surface area contributed by atoms with Gasteiger partial charge in [-0.05, 0) is 20.3 Å². The van der Waals surface area contributed by atoms with Crippen molar-refractivity contribution in [3.63, 3.8) is 0 Å². The summed E-state index contributed by atoms with van der Waals surface area (Å²) in [4.78, 5) is 20.9. The number of carbonyl (C=O) groups is 1. The Balaban J connectivity index is 3.02. The molecule has 0 radical (unpaired) electrons. The Morgan fingerprint density at radius 1 is 1.50 bits per heavy atom. The van der Waals surface area contributed by atoms with Crippen LogP contribution < -0.4 is 0 Å². The van der Waals surface area contributed by atoms with E-state index in [0.29, 0.717) is 12.0 Å². The molecule has 0 aromatic carbocycles. The number of carbonyl (C=O) groups excluding carboxylic acids is 1. The molecule has 0 aromatic heterocycles. The van der Waals surface area contributed by atoms with Gasteiger partial charge in [-0.3, -0.25) is 14.9 Å². The second kappa shape index (κ2) is 2.89. The third-order valence-corrected chi connectivity index (χ3v) is 2.01. The van der Waals surface area contributed by atoms with Crippen LogP contribution in [-0.2, 0) is 4.79 Å². The Morgan fingerprint density at radius 2 is 2.08 bits per heavy atom. The van der Waals surface area contributed by atoms with Gasteiger partial charge in [-0.1, -0.05) is 5.57 Å². The summed E-state index contributed by atoms with van der Waals surface area (Å²) in [5.41, 5.74) is 1.12. The molecule has 0 spiro atoms. The molecular formula is C8H9NO3. The van der Waals surface area contributed by atoms with Crippen LogP contribution in [0.3, 0.4) is 0 Å². The molecule has 0 heterocycles. The largest absolute Gasteiger partial charge is 0.312 e. The van der Waals surface area contributed by atoms with Crippen LogP contribution in [-0.4, -0.2) is 10.7 Å². The zero-order valence-corrected chi connectivity index (χ0v) is 6.96. The average Bonchev–Trinajstić information content (AvgIpc) is 2.00. The molecule has 1 aliphatic rings. The summed E-state index contributed by atoms with van der Waals surface area (Å²) in [6.07, 6.45) is 1.87. The number of Topliss-reactive ketones (excluding diaryl/α,β-unsaturated/α-hetero) is 1. The molecule has 0 saturated carbocycles. The van der Waals surface area contributed by atoms with Gasteiger partial charge in [-0.15, -0.1) is 0 Å². The van der Waals surface area contributed by atoms with E-state index in [1.165, 1.54) is 6.08 Å². The smallest absolute Gasteiger partial charge is 0.282 e. The Labute approximate surface area is 69.7 Å². The Kier molecular flexibility index (Phi) is 2.08. The highest BCUT2D eigenvalue weighted by molar-refractivity contribution is 6.07. The topological polar surface area (TPSA) is 60.2 Å². The molecule has 4 nitrogen and oxygen atoms in total. The van der Waals surface area contributed by atoms with Crippen LogP contribution in [0, 0.1) is 10.1 Å². The minimum atomic E-state index is -0.627. The SMILES string of the molecule is CC1=C(C)C(=O)C([N+](=O)[O-])=CC1. The summed E-state index contributed by atoms with van der Waals surface area (Å²) in [6.45, 7) is 3.43. The monoisotopic (exact) mass is 167 g/mol. The fourth-order valence-corrected chi connectivity index (χ4v) is 1.04. The molecule has 0 saturated heterocycles. The van der Waals surface area contributed by atoms with E-state index in [-0.39, 0.29) is 5.70 Å². The van der Waals surface area contributed by atoms with Crippen LogP contribution in [0.4, 0.5) is 0 Å². The molecule has 1 rings (SSSR count). The second-order valence-corrected chi connectivity index (χ2v) is 2.79. The Hall–Kier alpha value is -1.45. The fraction of sp³-hybridized carbons (Fsp3) is 0.375. The van der Waals surface area contributed by atoms with Gasteiger partial charge in [-0.2, -0.15) is 0 Å². The molecule has 12 heavy (non-hydrogen) atoms. The van der Waals surface area contributed by atoms with Crippen molar-refractivity contribution in [3.05, 3.63) is 33.0 Å². The summed E-state index contributed by atoms with van der Waals surface area (Å²) >= 11 is 0. The predicted molar refractivity (Wildman–Crippen MR) is 43.1 cm³/mol. The van der Waals surface area contributed by atoms with E-state index in [4.69, 9.17) is 0 Å². The van der Waals surface area contributed by atoms with Crippen molar-refractivity contribution in [1.82, 2.24) is 0 Å². The minimum Gasteiger partial charge on any atom is -0.282 e. The van der Waals surface area contributed by atoms with Crippen LogP contribution in [0.1, 0.15) is 20.3 Å². The number of hydrogen-bond donors (Lipinski definition) is 0. The molecular weight excluding hydrogens is 158 g/mol. The van der Waals surface area contributed by atoms with Crippen molar-refractivity contribution >= 4 is 5.78 Å². The number of ketones is 1. The Bertz CT molecular complexity index is 312. The molecule has 0 unspecified atom stereocenters. The van der Waals surface area contributed by atoms with E-state index in [9.17, 15) is 14.9 Å². The van der Waals surface area contributed by atoms with Crippen molar-refractivity contribution < 1.29 is 9.72 Å². The van der Waals surface area contributed by atoms with Crippen molar-refractivity contribution in [2.75, 3.05) is 0 Å². The van der Waals surface area contributed by atoms with Gasteiger partial charge in [0.1, 0.15) is 0 Å². The summed E-state index contributed by atoms with van der Waals surface area (Å²) in [5, 5.41) is 10.3. The molecule has 0 N–H and O–H groups in total. The highest BCUT2D eigenvalue weighted by Gasteiger charge is 2.26. The first-order chi connectivity index (χ1) is 5.54. The first kappa shape index (κ1) is 8.64. The van der Waals surface area contributed by atoms with Gasteiger partial charge in [0, 0.05) is 11.6 Å². The van der Waals surface area contributed by atoms with E-state index in [2.05, 4.69) is 0 Å². The maximum atomic E-state index is 11.2. The molecule has 64 valence electrons. The van der Waals surface area contributed by atoms with E-state index >= 15 is 0 Å². The lowest BCUT2D eigenvalue weighted by Crippen LogP contribution is -2.16. The first-order valence-electron chi connectivity index (χ1n) is 3.59. The highest BCUT2D eigenvalue weighted by Crippen LogP contribution is 2.20. The van der Waals surface area contributed by atoms with Gasteiger partial charge >= 0.3 is 5.70 Å². The normalized spacial score (nSPS) is 17.8. The Morgan fingerprint density at radius 3 is 2.58 bits per heavy atom. The third kappa shape index (κ3) is 1.28. The lowest BCUT2D eigenvalue weighted by molar-refractivity contribution is -0.418. The predicted octanol–water partition coefficient (Wildman–Crippen LogP) is 1.46. The first-order valence-corrected chi connectivity index (χ1v) is 3.59. The van der Waals surface area contributed by atoms with Crippen molar-refractivity contribution in [2.24, 2.45) is 0 Å². The summed E-state index contributed by atoms with van der Waals surface area (Å²) in [5.74, 6) is -0.455. The van der Waals surface area contributed by atoms with Gasteiger partial charge in [0.05, 0.1) is 4.92 Å².